The van der Waals surface area contributed by atoms with Crippen LogP contribution in [0.2, 0.25) is 5.02 Å². The minimum absolute atomic E-state index is 0.171. The lowest BCUT2D eigenvalue weighted by atomic mass is 9.96. The number of nitrogens with one attached hydrogen (secondary N) is 1. The molecular formula is C21H28ClN3O4. The number of halogens is 1. The lowest BCUT2D eigenvalue weighted by Crippen LogP contribution is -2.43. The number of carbonyl (C=O) groups excluding carboxylic acids is 2. The summed E-state index contributed by atoms with van der Waals surface area (Å²) in [7, 11) is 0. The molecule has 1 N–H and O–H groups in total. The lowest BCUT2D eigenvalue weighted by molar-refractivity contribution is -0.152. The van der Waals surface area contributed by atoms with Gasteiger partial charge in [0.15, 0.2) is 11.9 Å². The number of benzene rings is 1. The third kappa shape index (κ3) is 6.56. The van der Waals surface area contributed by atoms with Gasteiger partial charge in [0.25, 0.3) is 11.8 Å². The van der Waals surface area contributed by atoms with Gasteiger partial charge in [-0.1, -0.05) is 51.4 Å². The van der Waals surface area contributed by atoms with Crippen LogP contribution < -0.4 is 5.32 Å². The van der Waals surface area contributed by atoms with Gasteiger partial charge in [-0.25, -0.2) is 4.79 Å². The molecule has 0 spiro atoms. The quantitative estimate of drug-likeness (QED) is 0.663. The predicted molar refractivity (Wildman–Crippen MR) is 110 cm³/mol. The van der Waals surface area contributed by atoms with E-state index in [1.54, 1.807) is 31.2 Å². The largest absolute Gasteiger partial charge is 0.451 e. The average molecular weight is 422 g/mol. The zero-order valence-corrected chi connectivity index (χ0v) is 18.4. The standard InChI is InChI=1S/C21H28ClN3O4/c1-12(2)11-16(23-17(26)14-7-9-15(22)10-8-14)19(27)28-13(3)18-24-20(25-29-18)21(4,5)6/h7-10,12-13,16H,11H2,1-6H3,(H,23,26). The topological polar surface area (TPSA) is 94.3 Å². The fourth-order valence-electron chi connectivity index (χ4n) is 2.54. The van der Waals surface area contributed by atoms with Crippen LogP contribution in [0.25, 0.3) is 0 Å². The first-order valence-corrected chi connectivity index (χ1v) is 9.96. The van der Waals surface area contributed by atoms with Crippen LogP contribution in [0.4, 0.5) is 0 Å². The summed E-state index contributed by atoms with van der Waals surface area (Å²) in [6.07, 6.45) is -0.296. The maximum Gasteiger partial charge on any atom is 0.329 e. The van der Waals surface area contributed by atoms with E-state index in [4.69, 9.17) is 20.9 Å². The Bertz CT molecular complexity index is 840. The van der Waals surface area contributed by atoms with Crippen LogP contribution >= 0.6 is 11.6 Å². The molecule has 1 aromatic heterocycles. The van der Waals surface area contributed by atoms with Crippen LogP contribution in [0.5, 0.6) is 0 Å². The molecule has 0 aliphatic heterocycles. The highest BCUT2D eigenvalue weighted by Crippen LogP contribution is 2.23. The number of rotatable bonds is 7. The highest BCUT2D eigenvalue weighted by molar-refractivity contribution is 6.30. The molecule has 1 amide bonds. The number of aromatic nitrogens is 2. The van der Waals surface area contributed by atoms with Crippen LogP contribution in [-0.4, -0.2) is 28.1 Å². The molecular weight excluding hydrogens is 394 g/mol. The molecule has 7 nitrogen and oxygen atoms in total. The third-order valence-corrected chi connectivity index (χ3v) is 4.41. The molecule has 0 radical (unpaired) electrons. The summed E-state index contributed by atoms with van der Waals surface area (Å²) in [5, 5.41) is 7.22. The van der Waals surface area contributed by atoms with E-state index in [1.165, 1.54) is 0 Å². The van der Waals surface area contributed by atoms with Gasteiger partial charge in [0.2, 0.25) is 0 Å². The highest BCUT2D eigenvalue weighted by Gasteiger charge is 2.29. The molecule has 2 unspecified atom stereocenters. The van der Waals surface area contributed by atoms with Crippen molar-refractivity contribution in [2.75, 3.05) is 0 Å². The SMILES string of the molecule is CC(C)CC(NC(=O)c1ccc(Cl)cc1)C(=O)OC(C)c1nc(C(C)(C)C)no1. The Hall–Kier alpha value is -2.41. The van der Waals surface area contributed by atoms with E-state index in [0.717, 1.165) is 0 Å². The third-order valence-electron chi connectivity index (χ3n) is 4.16. The first kappa shape index (κ1) is 22.9. The van der Waals surface area contributed by atoms with Gasteiger partial charge < -0.3 is 14.6 Å². The van der Waals surface area contributed by atoms with E-state index in [2.05, 4.69) is 15.5 Å². The van der Waals surface area contributed by atoms with Crippen LogP contribution in [0.1, 0.15) is 76.1 Å². The van der Waals surface area contributed by atoms with Gasteiger partial charge >= 0.3 is 5.97 Å². The summed E-state index contributed by atoms with van der Waals surface area (Å²) in [5.74, 6) is -0.00112. The number of ether oxygens (including phenoxy) is 1. The van der Waals surface area contributed by atoms with Crippen LogP contribution in [0.3, 0.4) is 0 Å². The van der Waals surface area contributed by atoms with Crippen molar-refractivity contribution in [1.82, 2.24) is 15.5 Å². The minimum atomic E-state index is -0.800. The summed E-state index contributed by atoms with van der Waals surface area (Å²) in [5.41, 5.74) is 0.133. The number of amides is 1. The van der Waals surface area contributed by atoms with Crippen LogP contribution in [0.15, 0.2) is 28.8 Å². The molecule has 2 atom stereocenters. The molecule has 0 bridgehead atoms. The van der Waals surface area contributed by atoms with Gasteiger partial charge in [0.05, 0.1) is 0 Å². The summed E-state index contributed by atoms with van der Waals surface area (Å²) in [4.78, 5) is 29.6. The molecule has 158 valence electrons. The van der Waals surface area contributed by atoms with Gasteiger partial charge in [0.1, 0.15) is 6.04 Å². The summed E-state index contributed by atoms with van der Waals surface area (Å²) < 4.78 is 10.7. The van der Waals surface area contributed by atoms with Gasteiger partial charge in [-0.05, 0) is 43.5 Å². The normalized spacial score (nSPS) is 13.8. The average Bonchev–Trinajstić information content (AvgIpc) is 3.12. The van der Waals surface area contributed by atoms with E-state index in [1.807, 2.05) is 34.6 Å². The van der Waals surface area contributed by atoms with Crippen molar-refractivity contribution in [2.24, 2.45) is 5.92 Å². The van der Waals surface area contributed by atoms with Crippen molar-refractivity contribution in [3.8, 4) is 0 Å². The molecule has 0 saturated heterocycles. The summed E-state index contributed by atoms with van der Waals surface area (Å²) >= 11 is 5.86. The molecule has 1 heterocycles. The van der Waals surface area contributed by atoms with Crippen LogP contribution in [0, 0.1) is 5.92 Å². The van der Waals surface area contributed by atoms with Gasteiger partial charge in [0, 0.05) is 16.0 Å². The van der Waals surface area contributed by atoms with Crippen molar-refractivity contribution < 1.29 is 18.8 Å². The molecule has 2 aromatic rings. The monoisotopic (exact) mass is 421 g/mol. The van der Waals surface area contributed by atoms with E-state index in [-0.39, 0.29) is 23.1 Å². The fraction of sp³-hybridized carbons (Fsp3) is 0.524. The number of esters is 1. The molecule has 1 aromatic carbocycles. The number of hydrogen-bond acceptors (Lipinski definition) is 6. The second-order valence-electron chi connectivity index (χ2n) is 8.45. The maximum absolute atomic E-state index is 12.7. The van der Waals surface area contributed by atoms with Gasteiger partial charge in [-0.2, -0.15) is 4.98 Å². The first-order valence-electron chi connectivity index (χ1n) is 9.58. The Morgan fingerprint density at radius 1 is 1.17 bits per heavy atom. The Morgan fingerprint density at radius 3 is 2.31 bits per heavy atom. The molecule has 2 rings (SSSR count). The van der Waals surface area contributed by atoms with Crippen molar-refractivity contribution >= 4 is 23.5 Å². The van der Waals surface area contributed by atoms with Crippen molar-refractivity contribution in [2.45, 2.75) is 65.5 Å². The van der Waals surface area contributed by atoms with E-state index >= 15 is 0 Å². The molecule has 8 heteroatoms. The lowest BCUT2D eigenvalue weighted by Gasteiger charge is -2.21. The van der Waals surface area contributed by atoms with E-state index < -0.39 is 18.1 Å². The zero-order chi connectivity index (χ0) is 21.8. The molecule has 0 saturated carbocycles. The van der Waals surface area contributed by atoms with Crippen molar-refractivity contribution in [3.63, 3.8) is 0 Å². The van der Waals surface area contributed by atoms with Crippen LogP contribution in [-0.2, 0) is 14.9 Å². The number of carbonyl (C=O) groups is 2. The summed E-state index contributed by atoms with van der Waals surface area (Å²) in [6.45, 7) is 11.5. The predicted octanol–water partition coefficient (Wildman–Crippen LogP) is 4.47. The zero-order valence-electron chi connectivity index (χ0n) is 17.7. The Morgan fingerprint density at radius 2 is 1.79 bits per heavy atom. The molecule has 0 aliphatic rings. The molecule has 29 heavy (non-hydrogen) atoms. The Kier molecular flexibility index (Phi) is 7.41. The maximum atomic E-state index is 12.7. The van der Waals surface area contributed by atoms with Crippen molar-refractivity contribution in [1.29, 1.82) is 0 Å². The smallest absolute Gasteiger partial charge is 0.329 e. The fourth-order valence-corrected chi connectivity index (χ4v) is 2.67. The number of nitrogens with zero attached hydrogens (tertiary/aromatic N) is 2. The second kappa shape index (κ2) is 9.39. The Labute approximate surface area is 176 Å². The molecule has 0 aliphatic carbocycles. The molecule has 0 fully saturated rings. The minimum Gasteiger partial charge on any atom is -0.451 e. The highest BCUT2D eigenvalue weighted by atomic mass is 35.5. The number of hydrogen-bond donors (Lipinski definition) is 1. The van der Waals surface area contributed by atoms with E-state index in [0.29, 0.717) is 22.8 Å². The van der Waals surface area contributed by atoms with E-state index in [9.17, 15) is 9.59 Å². The second-order valence-corrected chi connectivity index (χ2v) is 8.88. The Balaban J connectivity index is 2.08. The first-order chi connectivity index (χ1) is 13.5. The van der Waals surface area contributed by atoms with Gasteiger partial charge in [-0.3, -0.25) is 4.79 Å². The summed E-state index contributed by atoms with van der Waals surface area (Å²) in [6, 6.07) is 5.65. The van der Waals surface area contributed by atoms with Crippen molar-refractivity contribution in [3.05, 3.63) is 46.6 Å². The van der Waals surface area contributed by atoms with Gasteiger partial charge in [-0.15, -0.1) is 0 Å².